The Morgan fingerprint density at radius 2 is 1.69 bits per heavy atom. The topological polar surface area (TPSA) is 50.6 Å². The third kappa shape index (κ3) is 3.41. The lowest BCUT2D eigenvalue weighted by Crippen LogP contribution is -2.37. The molecule has 2 fully saturated rings. The van der Waals surface area contributed by atoms with Crippen LogP contribution in [0.3, 0.4) is 0 Å². The number of anilines is 1. The van der Waals surface area contributed by atoms with Gasteiger partial charge in [0, 0.05) is 38.0 Å². The van der Waals surface area contributed by atoms with Crippen LogP contribution in [0.15, 0.2) is 42.7 Å². The Labute approximate surface area is 154 Å². The van der Waals surface area contributed by atoms with Crippen LogP contribution in [0.5, 0.6) is 0 Å². The Balaban J connectivity index is 1.38. The number of aromatic nitrogens is 2. The van der Waals surface area contributed by atoms with Crippen LogP contribution >= 0.6 is 0 Å². The summed E-state index contributed by atoms with van der Waals surface area (Å²) >= 11 is 0. The first-order valence-corrected chi connectivity index (χ1v) is 9.22. The monoisotopic (exact) mass is 354 g/mol. The van der Waals surface area contributed by atoms with Crippen molar-refractivity contribution in [1.82, 2.24) is 14.7 Å². The molecule has 4 rings (SSSR count). The van der Waals surface area contributed by atoms with Crippen molar-refractivity contribution in [2.45, 2.75) is 26.4 Å². The predicted molar refractivity (Wildman–Crippen MR) is 101 cm³/mol. The molecule has 0 aliphatic carbocycles. The molecular weight excluding hydrogens is 328 g/mol. The lowest BCUT2D eigenvalue weighted by atomic mass is 10.0. The van der Waals surface area contributed by atoms with Crippen molar-refractivity contribution >= 4 is 11.8 Å². The van der Waals surface area contributed by atoms with Crippen LogP contribution in [0.2, 0.25) is 0 Å². The van der Waals surface area contributed by atoms with E-state index in [-0.39, 0.29) is 6.09 Å². The second kappa shape index (κ2) is 6.34. The first kappa shape index (κ1) is 16.9. The van der Waals surface area contributed by atoms with E-state index in [9.17, 15) is 4.79 Å². The number of hydrogen-bond acceptors (Lipinski definition) is 4. The fourth-order valence-corrected chi connectivity index (χ4v) is 3.88. The average molecular weight is 354 g/mol. The SMILES string of the molecule is CC(C)(C)OC(=O)N1CC2CN(c3cnn(-c4ccccc4)c3)CC2C1. The van der Waals surface area contributed by atoms with Gasteiger partial charge in [0.05, 0.1) is 23.8 Å². The van der Waals surface area contributed by atoms with E-state index in [1.165, 1.54) is 0 Å². The van der Waals surface area contributed by atoms with Gasteiger partial charge < -0.3 is 14.5 Å². The van der Waals surface area contributed by atoms with Crippen molar-refractivity contribution in [1.29, 1.82) is 0 Å². The fourth-order valence-electron chi connectivity index (χ4n) is 3.88. The summed E-state index contributed by atoms with van der Waals surface area (Å²) in [4.78, 5) is 16.5. The van der Waals surface area contributed by atoms with Gasteiger partial charge in [-0.3, -0.25) is 0 Å². The molecule has 2 aliphatic heterocycles. The first-order valence-electron chi connectivity index (χ1n) is 9.22. The number of nitrogens with zero attached hydrogens (tertiary/aromatic N) is 4. The zero-order valence-corrected chi connectivity index (χ0v) is 15.6. The summed E-state index contributed by atoms with van der Waals surface area (Å²) in [5, 5.41) is 4.50. The summed E-state index contributed by atoms with van der Waals surface area (Å²) < 4.78 is 7.42. The second-order valence-corrected chi connectivity index (χ2v) is 8.29. The fraction of sp³-hybridized carbons (Fsp3) is 0.500. The predicted octanol–water partition coefficient (Wildman–Crippen LogP) is 3.18. The molecule has 2 aliphatic rings. The highest BCUT2D eigenvalue weighted by molar-refractivity contribution is 5.68. The van der Waals surface area contributed by atoms with Crippen LogP contribution in [0.1, 0.15) is 20.8 Å². The minimum Gasteiger partial charge on any atom is -0.444 e. The number of carbonyl (C=O) groups is 1. The molecule has 6 nitrogen and oxygen atoms in total. The van der Waals surface area contributed by atoms with Crippen molar-refractivity contribution in [3.63, 3.8) is 0 Å². The van der Waals surface area contributed by atoms with Gasteiger partial charge >= 0.3 is 6.09 Å². The van der Waals surface area contributed by atoms with Crippen molar-refractivity contribution in [3.05, 3.63) is 42.7 Å². The molecule has 1 aromatic carbocycles. The van der Waals surface area contributed by atoms with Crippen LogP contribution in [0, 0.1) is 11.8 Å². The van der Waals surface area contributed by atoms with E-state index in [0.29, 0.717) is 11.8 Å². The van der Waals surface area contributed by atoms with E-state index < -0.39 is 5.60 Å². The van der Waals surface area contributed by atoms with E-state index >= 15 is 0 Å². The van der Waals surface area contributed by atoms with E-state index in [1.807, 2.05) is 66.9 Å². The molecule has 0 saturated carbocycles. The van der Waals surface area contributed by atoms with E-state index in [2.05, 4.69) is 16.2 Å². The molecule has 0 spiro atoms. The summed E-state index contributed by atoms with van der Waals surface area (Å²) in [7, 11) is 0. The molecule has 1 aromatic heterocycles. The molecule has 3 heterocycles. The summed E-state index contributed by atoms with van der Waals surface area (Å²) in [6.07, 6.45) is 3.83. The molecule has 2 unspecified atom stereocenters. The first-order chi connectivity index (χ1) is 12.4. The Hall–Kier alpha value is -2.50. The van der Waals surface area contributed by atoms with Crippen molar-refractivity contribution < 1.29 is 9.53 Å². The summed E-state index contributed by atoms with van der Waals surface area (Å²) in [6.45, 7) is 9.22. The molecule has 138 valence electrons. The molecular formula is C20H26N4O2. The van der Waals surface area contributed by atoms with Gasteiger partial charge in [0.25, 0.3) is 0 Å². The maximum atomic E-state index is 12.3. The largest absolute Gasteiger partial charge is 0.444 e. The molecule has 2 aromatic rings. The molecule has 2 saturated heterocycles. The third-order valence-corrected chi connectivity index (χ3v) is 5.09. The third-order valence-electron chi connectivity index (χ3n) is 5.09. The average Bonchev–Trinajstić information content (AvgIpc) is 3.28. The summed E-state index contributed by atoms with van der Waals surface area (Å²) in [5.41, 5.74) is 1.77. The second-order valence-electron chi connectivity index (χ2n) is 8.29. The smallest absolute Gasteiger partial charge is 0.410 e. The van der Waals surface area contributed by atoms with Crippen molar-refractivity contribution in [3.8, 4) is 5.69 Å². The highest BCUT2D eigenvalue weighted by Gasteiger charge is 2.43. The Morgan fingerprint density at radius 1 is 1.04 bits per heavy atom. The quantitative estimate of drug-likeness (QED) is 0.831. The van der Waals surface area contributed by atoms with Gasteiger partial charge in [0.2, 0.25) is 0 Å². The molecule has 26 heavy (non-hydrogen) atoms. The van der Waals surface area contributed by atoms with Crippen LogP contribution < -0.4 is 4.90 Å². The molecule has 2 atom stereocenters. The van der Waals surface area contributed by atoms with Crippen LogP contribution in [-0.4, -0.2) is 52.6 Å². The van der Waals surface area contributed by atoms with Gasteiger partial charge in [-0.15, -0.1) is 0 Å². The Bertz CT molecular complexity index is 767. The minimum absolute atomic E-state index is 0.185. The van der Waals surface area contributed by atoms with Crippen LogP contribution in [0.4, 0.5) is 10.5 Å². The van der Waals surface area contributed by atoms with Crippen LogP contribution in [0.25, 0.3) is 5.69 Å². The minimum atomic E-state index is -0.438. The molecule has 0 bridgehead atoms. The number of para-hydroxylation sites is 1. The molecule has 0 radical (unpaired) electrons. The Kier molecular flexibility index (Phi) is 4.13. The number of ether oxygens (including phenoxy) is 1. The zero-order chi connectivity index (χ0) is 18.3. The van der Waals surface area contributed by atoms with Gasteiger partial charge in [-0.25, -0.2) is 9.48 Å². The highest BCUT2D eigenvalue weighted by atomic mass is 16.6. The summed E-state index contributed by atoms with van der Waals surface area (Å²) in [5.74, 6) is 1.00. The van der Waals surface area contributed by atoms with E-state index in [0.717, 1.165) is 37.6 Å². The van der Waals surface area contributed by atoms with Gasteiger partial charge in [0.1, 0.15) is 5.60 Å². The van der Waals surface area contributed by atoms with Gasteiger partial charge in [-0.1, -0.05) is 18.2 Å². The van der Waals surface area contributed by atoms with Gasteiger partial charge in [-0.05, 0) is 32.9 Å². The van der Waals surface area contributed by atoms with E-state index in [1.54, 1.807) is 0 Å². The maximum absolute atomic E-state index is 12.3. The zero-order valence-electron chi connectivity index (χ0n) is 15.6. The molecule has 6 heteroatoms. The van der Waals surface area contributed by atoms with Gasteiger partial charge in [-0.2, -0.15) is 5.10 Å². The number of benzene rings is 1. The molecule has 1 amide bonds. The maximum Gasteiger partial charge on any atom is 0.410 e. The van der Waals surface area contributed by atoms with Crippen LogP contribution in [-0.2, 0) is 4.74 Å². The number of carbonyl (C=O) groups excluding carboxylic acids is 1. The number of rotatable bonds is 2. The lowest BCUT2D eigenvalue weighted by Gasteiger charge is -2.26. The lowest BCUT2D eigenvalue weighted by molar-refractivity contribution is 0.0282. The Morgan fingerprint density at radius 3 is 2.31 bits per heavy atom. The van der Waals surface area contributed by atoms with Gasteiger partial charge in [0.15, 0.2) is 0 Å². The normalized spacial score (nSPS) is 22.6. The number of likely N-dealkylation sites (tertiary alicyclic amines) is 1. The van der Waals surface area contributed by atoms with Crippen molar-refractivity contribution in [2.24, 2.45) is 11.8 Å². The number of amides is 1. The molecule has 0 N–H and O–H groups in total. The van der Waals surface area contributed by atoms with E-state index in [4.69, 9.17) is 4.74 Å². The van der Waals surface area contributed by atoms with Crippen molar-refractivity contribution in [2.75, 3.05) is 31.1 Å². The number of fused-ring (bicyclic) bond motifs is 1. The summed E-state index contributed by atoms with van der Waals surface area (Å²) in [6, 6.07) is 10.1. The number of hydrogen-bond donors (Lipinski definition) is 0. The highest BCUT2D eigenvalue weighted by Crippen LogP contribution is 2.34. The standard InChI is InChI=1S/C20H26N4O2/c1-20(2,3)26-19(25)23-12-15-10-22(11-16(15)13-23)18-9-21-24(14-18)17-7-5-4-6-8-17/h4-9,14-16H,10-13H2,1-3H3.